The van der Waals surface area contributed by atoms with Gasteiger partial charge in [-0.3, -0.25) is 0 Å². The monoisotopic (exact) mass is 202 g/mol. The fraction of sp³-hybridized carbons (Fsp3) is 0.273. The van der Waals surface area contributed by atoms with Crippen LogP contribution >= 0.6 is 0 Å². The van der Waals surface area contributed by atoms with Crippen LogP contribution in [0.5, 0.6) is 0 Å². The molecule has 0 aliphatic carbocycles. The lowest BCUT2D eigenvalue weighted by atomic mass is 10.1. The molecule has 15 heavy (non-hydrogen) atoms. The van der Waals surface area contributed by atoms with Crippen molar-refractivity contribution in [2.75, 3.05) is 5.73 Å². The molecule has 0 aliphatic rings. The largest absolute Gasteiger partial charge is 0.380 e. The number of hydrogen-bond acceptors (Lipinski definition) is 3. The average Bonchev–Trinajstić information content (AvgIpc) is 2.61. The normalized spacial score (nSPS) is 10.5. The van der Waals surface area contributed by atoms with Crippen LogP contribution in [0.15, 0.2) is 24.3 Å². The molecule has 2 rings (SSSR count). The molecular weight excluding hydrogens is 188 g/mol. The van der Waals surface area contributed by atoms with Crippen LogP contribution in [0.3, 0.4) is 0 Å². The average molecular weight is 202 g/mol. The summed E-state index contributed by atoms with van der Waals surface area (Å²) in [5.74, 6) is 0.487. The van der Waals surface area contributed by atoms with E-state index in [0.717, 1.165) is 17.8 Å². The second-order valence-electron chi connectivity index (χ2n) is 3.51. The molecule has 1 aromatic carbocycles. The topological polar surface area (TPSA) is 56.7 Å². The van der Waals surface area contributed by atoms with Gasteiger partial charge in [-0.2, -0.15) is 0 Å². The fourth-order valence-electron chi connectivity index (χ4n) is 1.56. The van der Waals surface area contributed by atoms with Gasteiger partial charge in [0.1, 0.15) is 5.69 Å². The number of nitrogens with zero attached hydrogens (tertiary/aromatic N) is 3. The van der Waals surface area contributed by atoms with Crippen molar-refractivity contribution in [1.29, 1.82) is 0 Å². The van der Waals surface area contributed by atoms with E-state index in [1.54, 1.807) is 4.68 Å². The predicted octanol–water partition coefficient (Wildman–Crippen LogP) is 1.86. The first-order chi connectivity index (χ1) is 7.22. The highest BCUT2D eigenvalue weighted by Crippen LogP contribution is 2.23. The Morgan fingerprint density at radius 1 is 1.27 bits per heavy atom. The van der Waals surface area contributed by atoms with Crippen molar-refractivity contribution in [2.24, 2.45) is 0 Å². The second kappa shape index (κ2) is 3.73. The van der Waals surface area contributed by atoms with Gasteiger partial charge in [0.2, 0.25) is 0 Å². The molecule has 0 bridgehead atoms. The van der Waals surface area contributed by atoms with E-state index < -0.39 is 0 Å². The number of rotatable bonds is 2. The summed E-state index contributed by atoms with van der Waals surface area (Å²) < 4.78 is 1.81. The van der Waals surface area contributed by atoms with Gasteiger partial charge in [-0.1, -0.05) is 35.0 Å². The number of nitrogens with two attached hydrogens (primary N) is 1. The van der Waals surface area contributed by atoms with Gasteiger partial charge in [0.05, 0.1) is 0 Å². The summed E-state index contributed by atoms with van der Waals surface area (Å²) >= 11 is 0. The highest BCUT2D eigenvalue weighted by molar-refractivity contribution is 5.69. The summed E-state index contributed by atoms with van der Waals surface area (Å²) in [7, 11) is 0. The first kappa shape index (κ1) is 9.71. The Labute approximate surface area is 88.7 Å². The Balaban J connectivity index is 2.52. The van der Waals surface area contributed by atoms with Gasteiger partial charge >= 0.3 is 0 Å². The summed E-state index contributed by atoms with van der Waals surface area (Å²) in [5.41, 5.74) is 8.98. The molecule has 2 aromatic rings. The molecule has 0 fully saturated rings. The van der Waals surface area contributed by atoms with Crippen LogP contribution < -0.4 is 5.73 Å². The van der Waals surface area contributed by atoms with Crippen molar-refractivity contribution in [2.45, 2.75) is 20.4 Å². The summed E-state index contributed by atoms with van der Waals surface area (Å²) in [6.45, 7) is 4.85. The minimum atomic E-state index is 0.487. The van der Waals surface area contributed by atoms with Crippen LogP contribution in [-0.2, 0) is 6.54 Å². The minimum Gasteiger partial charge on any atom is -0.380 e. The number of aryl methyl sites for hydroxylation is 2. The molecule has 2 N–H and O–H groups in total. The maximum Gasteiger partial charge on any atom is 0.174 e. The number of anilines is 1. The van der Waals surface area contributed by atoms with Crippen molar-refractivity contribution < 1.29 is 0 Å². The highest BCUT2D eigenvalue weighted by atomic mass is 15.4. The third-order valence-electron chi connectivity index (χ3n) is 2.39. The first-order valence-corrected chi connectivity index (χ1v) is 4.98. The lowest BCUT2D eigenvalue weighted by molar-refractivity contribution is 0.633. The molecule has 0 saturated carbocycles. The van der Waals surface area contributed by atoms with Gasteiger partial charge < -0.3 is 5.73 Å². The second-order valence-corrected chi connectivity index (χ2v) is 3.51. The molecule has 0 radical (unpaired) electrons. The van der Waals surface area contributed by atoms with E-state index in [0.29, 0.717) is 5.82 Å². The van der Waals surface area contributed by atoms with Crippen molar-refractivity contribution in [3.05, 3.63) is 29.8 Å². The minimum absolute atomic E-state index is 0.487. The Kier molecular flexibility index (Phi) is 2.41. The SMILES string of the molecule is CCn1nnc(N)c1-c1ccc(C)cc1. The summed E-state index contributed by atoms with van der Waals surface area (Å²) in [5, 5.41) is 7.85. The zero-order valence-corrected chi connectivity index (χ0v) is 8.94. The van der Waals surface area contributed by atoms with Gasteiger partial charge in [-0.25, -0.2) is 4.68 Å². The molecule has 0 atom stereocenters. The number of hydrogen-bond donors (Lipinski definition) is 1. The molecule has 1 heterocycles. The lowest BCUT2D eigenvalue weighted by Crippen LogP contribution is -2.00. The summed E-state index contributed by atoms with van der Waals surface area (Å²) in [6.07, 6.45) is 0. The Hall–Kier alpha value is -1.84. The molecule has 4 heteroatoms. The molecule has 1 aromatic heterocycles. The van der Waals surface area contributed by atoms with Crippen molar-refractivity contribution in [3.8, 4) is 11.3 Å². The summed E-state index contributed by atoms with van der Waals surface area (Å²) in [6, 6.07) is 8.19. The third-order valence-corrected chi connectivity index (χ3v) is 2.39. The highest BCUT2D eigenvalue weighted by Gasteiger charge is 2.10. The van der Waals surface area contributed by atoms with Crippen LogP contribution in [0.25, 0.3) is 11.3 Å². The molecule has 0 aliphatic heterocycles. The zero-order chi connectivity index (χ0) is 10.8. The fourth-order valence-corrected chi connectivity index (χ4v) is 1.56. The van der Waals surface area contributed by atoms with Gasteiger partial charge in [-0.05, 0) is 13.8 Å². The van der Waals surface area contributed by atoms with Gasteiger partial charge in [0.25, 0.3) is 0 Å². The quantitative estimate of drug-likeness (QED) is 0.808. The van der Waals surface area contributed by atoms with Gasteiger partial charge in [0, 0.05) is 12.1 Å². The zero-order valence-electron chi connectivity index (χ0n) is 8.94. The lowest BCUT2D eigenvalue weighted by Gasteiger charge is -2.04. The predicted molar refractivity (Wildman–Crippen MR) is 60.3 cm³/mol. The van der Waals surface area contributed by atoms with E-state index in [1.807, 2.05) is 19.1 Å². The summed E-state index contributed by atoms with van der Waals surface area (Å²) in [4.78, 5) is 0. The molecule has 0 unspecified atom stereocenters. The van der Waals surface area contributed by atoms with Crippen LogP contribution in [-0.4, -0.2) is 15.0 Å². The van der Waals surface area contributed by atoms with Crippen LogP contribution in [0.4, 0.5) is 5.82 Å². The van der Waals surface area contributed by atoms with Gasteiger partial charge in [0.15, 0.2) is 5.82 Å². The van der Waals surface area contributed by atoms with E-state index in [4.69, 9.17) is 5.73 Å². The Morgan fingerprint density at radius 2 is 1.93 bits per heavy atom. The van der Waals surface area contributed by atoms with Crippen LogP contribution in [0, 0.1) is 6.92 Å². The molecular formula is C11H14N4. The number of benzene rings is 1. The van der Waals surface area contributed by atoms with E-state index in [1.165, 1.54) is 5.56 Å². The number of nitrogen functional groups attached to an aromatic ring is 1. The first-order valence-electron chi connectivity index (χ1n) is 4.98. The number of aromatic nitrogens is 3. The molecule has 78 valence electrons. The van der Waals surface area contributed by atoms with Crippen molar-refractivity contribution in [1.82, 2.24) is 15.0 Å². The molecule has 4 nitrogen and oxygen atoms in total. The Bertz CT molecular complexity index is 456. The van der Waals surface area contributed by atoms with E-state index in [2.05, 4.69) is 29.4 Å². The molecule has 0 saturated heterocycles. The van der Waals surface area contributed by atoms with Crippen LogP contribution in [0.2, 0.25) is 0 Å². The Morgan fingerprint density at radius 3 is 2.53 bits per heavy atom. The van der Waals surface area contributed by atoms with Gasteiger partial charge in [-0.15, -0.1) is 5.10 Å². The van der Waals surface area contributed by atoms with Crippen molar-refractivity contribution in [3.63, 3.8) is 0 Å². The third kappa shape index (κ3) is 1.70. The van der Waals surface area contributed by atoms with E-state index in [9.17, 15) is 0 Å². The smallest absolute Gasteiger partial charge is 0.174 e. The standard InChI is InChI=1S/C11H14N4/c1-3-15-10(11(12)13-14-15)9-6-4-8(2)5-7-9/h4-7H,3,12H2,1-2H3. The maximum absolute atomic E-state index is 5.79. The van der Waals surface area contributed by atoms with E-state index >= 15 is 0 Å². The van der Waals surface area contributed by atoms with Crippen molar-refractivity contribution >= 4 is 5.82 Å². The maximum atomic E-state index is 5.79. The molecule has 0 amide bonds. The van der Waals surface area contributed by atoms with Crippen LogP contribution in [0.1, 0.15) is 12.5 Å². The molecule has 0 spiro atoms. The van der Waals surface area contributed by atoms with E-state index in [-0.39, 0.29) is 0 Å².